The molecule has 0 aliphatic carbocycles. The Morgan fingerprint density at radius 2 is 0.466 bits per heavy atom. The molecule has 0 aromatic heterocycles. The number of aryl methyl sites for hydroxylation is 4. The summed E-state index contributed by atoms with van der Waals surface area (Å²) in [6.45, 7) is 0.202. The van der Waals surface area contributed by atoms with Crippen molar-refractivity contribution in [1.29, 1.82) is 0 Å². The van der Waals surface area contributed by atoms with Crippen molar-refractivity contribution in [3.05, 3.63) is 257 Å². The van der Waals surface area contributed by atoms with Crippen LogP contribution in [-0.2, 0) is 90.1 Å². The first-order valence-corrected chi connectivity index (χ1v) is 42.8. The van der Waals surface area contributed by atoms with E-state index in [1.165, 1.54) is 116 Å². The number of alkyl halides is 4. The first kappa shape index (κ1) is 110. The van der Waals surface area contributed by atoms with Gasteiger partial charge in [-0.25, -0.2) is 106 Å². The van der Waals surface area contributed by atoms with Crippen LogP contribution in [0.25, 0.3) is 0 Å². The minimum absolute atomic E-state index is 0. The van der Waals surface area contributed by atoms with Gasteiger partial charge in [-0.1, -0.05) is 101 Å². The molecular formula is C72H52Cl4F16Na4O14S8. The number of carbonyl (C=O) groups is 4. The molecule has 4 atom stereocenters. The van der Waals surface area contributed by atoms with Crippen molar-refractivity contribution >= 4 is 159 Å². The zero-order valence-electron chi connectivity index (χ0n) is 61.4. The zero-order valence-corrected chi connectivity index (χ0v) is 79.0. The van der Waals surface area contributed by atoms with Crippen LogP contribution in [0.2, 0.25) is 0 Å². The van der Waals surface area contributed by atoms with Crippen molar-refractivity contribution in [3.8, 4) is 0 Å². The molecule has 616 valence electrons. The smallest absolute Gasteiger partial charge is 0.774 e. The fraction of sp³-hybridized carbons (Fsp3) is 0.278. The molecule has 14 nitrogen and oxygen atoms in total. The predicted octanol–water partition coefficient (Wildman–Crippen LogP) is 7.68. The van der Waals surface area contributed by atoms with Crippen LogP contribution in [0.15, 0.2) is 117 Å². The molecule has 0 spiro atoms. The van der Waals surface area contributed by atoms with Crippen LogP contribution >= 0.6 is 89.6 Å². The molecule has 118 heavy (non-hydrogen) atoms. The third kappa shape index (κ3) is 29.7. The van der Waals surface area contributed by atoms with Crippen LogP contribution in [0.1, 0.15) is 133 Å². The van der Waals surface area contributed by atoms with Gasteiger partial charge < -0.3 is 53.3 Å². The Morgan fingerprint density at radius 1 is 0.305 bits per heavy atom. The predicted molar refractivity (Wildman–Crippen MR) is 397 cm³/mol. The van der Waals surface area contributed by atoms with Gasteiger partial charge in [-0.3, -0.25) is 0 Å². The van der Waals surface area contributed by atoms with Gasteiger partial charge in [-0.15, -0.1) is 46.4 Å². The molecule has 0 bridgehead atoms. The summed E-state index contributed by atoms with van der Waals surface area (Å²) in [7, 11) is -6.33. The molecule has 0 aliphatic rings. The van der Waals surface area contributed by atoms with Crippen molar-refractivity contribution in [2.24, 2.45) is 0 Å². The van der Waals surface area contributed by atoms with Crippen LogP contribution in [0.3, 0.4) is 0 Å². The van der Waals surface area contributed by atoms with Gasteiger partial charge in [0, 0.05) is 45.3 Å². The Labute approximate surface area is 800 Å². The zero-order chi connectivity index (χ0) is 84.4. The van der Waals surface area contributed by atoms with Crippen LogP contribution in [0, 0.1) is 93.1 Å². The van der Waals surface area contributed by atoms with Gasteiger partial charge >= 0.3 is 142 Å². The largest absolute Gasteiger partial charge is 1.00 e. The van der Waals surface area contributed by atoms with Crippen molar-refractivity contribution < 1.29 is 253 Å². The van der Waals surface area contributed by atoms with Crippen molar-refractivity contribution in [3.63, 3.8) is 0 Å². The third-order valence-corrected chi connectivity index (χ3v) is 24.9. The van der Waals surface area contributed by atoms with E-state index in [1.54, 1.807) is 24.3 Å². The molecule has 8 rings (SSSR count). The number of halogens is 20. The molecule has 0 N–H and O–H groups in total. The summed E-state index contributed by atoms with van der Waals surface area (Å²) in [6.07, 6.45) is -0.311. The van der Waals surface area contributed by atoms with Gasteiger partial charge in [-0.2, -0.15) is 0 Å². The van der Waals surface area contributed by atoms with Gasteiger partial charge in [0.25, 0.3) is 0 Å². The summed E-state index contributed by atoms with van der Waals surface area (Å²) in [5.74, 6) is -32.1. The molecule has 46 heteroatoms. The first-order chi connectivity index (χ1) is 53.7. The van der Waals surface area contributed by atoms with Crippen molar-refractivity contribution in [2.45, 2.75) is 92.5 Å². The van der Waals surface area contributed by atoms with E-state index in [0.717, 1.165) is 0 Å². The number of hydrogen-bond donors (Lipinski definition) is 0. The molecule has 0 radical (unpaired) electrons. The molecule has 0 aliphatic heterocycles. The maximum Gasteiger partial charge on any atom is 1.00 e. The van der Waals surface area contributed by atoms with E-state index in [2.05, 4.69) is 25.3 Å². The van der Waals surface area contributed by atoms with Crippen molar-refractivity contribution in [1.82, 2.24) is 0 Å². The van der Waals surface area contributed by atoms with E-state index in [0.29, 0.717) is 45.3 Å². The van der Waals surface area contributed by atoms with Crippen LogP contribution < -0.4 is 118 Å². The standard InChI is InChI=1S/C36H28Cl2F8O10S4.C36H28Cl2F8O4S4.4Na/c37-21(23-25(39)29(43)33(59(49,50)51)30(44)26(23)40)11-5-17-1-7-19(8-2-17)35(47)55-13-15-57-58-16-14-56-36(48)20-9-3-18(4-10-20)6-12-22(38)24-27(41)31(45)34(60(52,53)54)32(46)28(24)42;37-21(23-25(39)29(43)33(51)30(44)26(23)40)11-5-17-1-7-19(8-2-17)35(47)49-13-15-53-54-16-14-50-36(48)20-9-3-18(4-10-20)6-12-22(38)24-27(41)31(45)34(52)32(46)28(24)42;;;;/h1-4,7-10,21-22H,5-6,11-16H2,(H,49,50,51)(H,52,53,54);1-4,7-10,21-22,51-52H,5-6,11-16H2;;;;/q;;4*+1/p-4. The Kier molecular flexibility index (Phi) is 47.5. The SMILES string of the molecule is O=C(OCCSSCCOC(=O)c1ccc(CCC(Cl)c2c(F)c(F)c(S(=O)(=O)[O-])c(F)c2F)cc1)c1ccc(CCC(Cl)c2c(F)c(F)c(S(=O)(=O)[O-])c(F)c2F)cc1.O=C(OCCSSCCOC(=O)c1ccc(CCC(Cl)c2c(F)c(F)c([S-])c(F)c2F)cc1)c1ccc(CCC(Cl)c2c(F)c(F)c([S-])c(F)c2F)cc1.[Na+].[Na+].[Na+].[Na+]. The average molecular weight is 1940 g/mol. The molecule has 8 aromatic carbocycles. The molecule has 0 amide bonds. The quantitative estimate of drug-likeness (QED) is 0.00351. The molecular weight excluding hydrogens is 1880 g/mol. The summed E-state index contributed by atoms with van der Waals surface area (Å²) in [5, 5.41) is -6.08. The van der Waals surface area contributed by atoms with E-state index in [9.17, 15) is 115 Å². The normalized spacial score (nSPS) is 12.3. The summed E-state index contributed by atoms with van der Waals surface area (Å²) < 4.78 is 313. The Hall–Kier alpha value is -2.66. The number of benzene rings is 8. The molecule has 0 fully saturated rings. The van der Waals surface area contributed by atoms with Crippen molar-refractivity contribution in [2.75, 3.05) is 49.4 Å². The Bertz CT molecular complexity index is 4660. The van der Waals surface area contributed by atoms with Crippen LogP contribution in [0.4, 0.5) is 70.2 Å². The van der Waals surface area contributed by atoms with E-state index < -0.39 is 201 Å². The molecule has 0 heterocycles. The number of ether oxygens (including phenoxy) is 4. The topological polar surface area (TPSA) is 220 Å². The number of rotatable bonds is 36. The average Bonchev–Trinajstić information content (AvgIpc) is 0.762. The third-order valence-electron chi connectivity index (χ3n) is 16.1. The second-order valence-electron chi connectivity index (χ2n) is 23.5. The van der Waals surface area contributed by atoms with E-state index in [4.69, 9.17) is 65.4 Å². The summed E-state index contributed by atoms with van der Waals surface area (Å²) >= 11 is 32.8. The van der Waals surface area contributed by atoms with E-state index in [-0.39, 0.29) is 218 Å². The summed E-state index contributed by atoms with van der Waals surface area (Å²) in [6, 6.07) is 23.8. The maximum absolute atomic E-state index is 14.4. The monoisotopic (exact) mass is 1930 g/mol. The summed E-state index contributed by atoms with van der Waals surface area (Å²) in [5.41, 5.74) is -1.32. The number of esters is 4. The van der Waals surface area contributed by atoms with Gasteiger partial charge in [0.15, 0.2) is 69.8 Å². The maximum atomic E-state index is 14.4. The van der Waals surface area contributed by atoms with Gasteiger partial charge in [0.05, 0.1) is 43.8 Å². The number of hydrogen-bond acceptors (Lipinski definition) is 20. The first-order valence-electron chi connectivity index (χ1n) is 32.5. The second kappa shape index (κ2) is 51.2. The van der Waals surface area contributed by atoms with E-state index in [1.807, 2.05) is 0 Å². The molecule has 4 unspecified atom stereocenters. The van der Waals surface area contributed by atoms with Gasteiger partial charge in [-0.05, 0) is 122 Å². The fourth-order valence-corrected chi connectivity index (χ4v) is 16.4. The fourth-order valence-electron chi connectivity index (χ4n) is 10.3. The van der Waals surface area contributed by atoms with Crippen LogP contribution in [0.5, 0.6) is 0 Å². The van der Waals surface area contributed by atoms with Gasteiger partial charge in [0.1, 0.15) is 79.7 Å². The Balaban J connectivity index is 0.000000593. The van der Waals surface area contributed by atoms with E-state index >= 15 is 0 Å². The Morgan fingerprint density at radius 3 is 0.627 bits per heavy atom. The second-order valence-corrected chi connectivity index (χ2v) is 34.5. The number of carbonyl (C=O) groups excluding carboxylic acids is 4. The summed E-state index contributed by atoms with van der Waals surface area (Å²) in [4.78, 5) is 42.6. The minimum Gasteiger partial charge on any atom is -0.774 e. The minimum atomic E-state index is -5.87. The molecule has 8 aromatic rings. The molecule has 0 saturated carbocycles. The molecule has 0 saturated heterocycles. The van der Waals surface area contributed by atoms with Crippen LogP contribution in [-0.4, -0.2) is 99.3 Å². The van der Waals surface area contributed by atoms with Gasteiger partial charge in [0.2, 0.25) is 0 Å².